The number of carbonyl (C=O) groups excluding carboxylic acids is 2. The fraction of sp³-hybridized carbons (Fsp3) is 0.240. The van der Waals surface area contributed by atoms with E-state index in [2.05, 4.69) is 20.3 Å². The van der Waals surface area contributed by atoms with E-state index in [9.17, 15) is 18.0 Å². The molecule has 10 heteroatoms. The lowest BCUT2D eigenvalue weighted by Gasteiger charge is -2.22. The molecule has 2 amide bonds. The highest BCUT2D eigenvalue weighted by Crippen LogP contribution is 2.27. The Balaban J connectivity index is 1.91. The summed E-state index contributed by atoms with van der Waals surface area (Å²) in [6.07, 6.45) is 1.74. The molecule has 1 heterocycles. The minimum atomic E-state index is -4.23. The number of anilines is 1. The topological polar surface area (TPSA) is 126 Å². The quantitative estimate of drug-likeness (QED) is 0.396. The van der Waals surface area contributed by atoms with Crippen molar-refractivity contribution in [3.63, 3.8) is 0 Å². The van der Waals surface area contributed by atoms with Crippen molar-refractivity contribution in [3.8, 4) is 5.75 Å². The van der Waals surface area contributed by atoms with Crippen molar-refractivity contribution >= 4 is 27.5 Å². The SMILES string of the molecule is COc1ccc(NC(C)=O)cc1S(=O)(=O)N[C@@H](Cc1ccccc1)C(=O)N[C@H](C)c1ccccn1. The van der Waals surface area contributed by atoms with Crippen LogP contribution in [-0.2, 0) is 26.0 Å². The number of aromatic nitrogens is 1. The average Bonchev–Trinajstić information content (AvgIpc) is 2.84. The molecular weight excluding hydrogens is 468 g/mol. The van der Waals surface area contributed by atoms with Gasteiger partial charge in [-0.05, 0) is 49.2 Å². The van der Waals surface area contributed by atoms with Crippen LogP contribution in [0.2, 0.25) is 0 Å². The largest absolute Gasteiger partial charge is 0.495 e. The highest BCUT2D eigenvalue weighted by atomic mass is 32.2. The first kappa shape index (κ1) is 25.9. The standard InChI is InChI=1S/C25H28N4O5S/c1-17(21-11-7-8-14-26-21)27-25(31)22(15-19-9-5-4-6-10-19)29-35(32,33)24-16-20(28-18(2)30)12-13-23(24)34-3/h4-14,16-17,22,29H,15H2,1-3H3,(H,27,31)(H,28,30)/t17-,22+/m1/s1. The van der Waals surface area contributed by atoms with Gasteiger partial charge in [0.1, 0.15) is 16.7 Å². The fourth-order valence-electron chi connectivity index (χ4n) is 3.48. The van der Waals surface area contributed by atoms with Crippen LogP contribution in [0, 0.1) is 0 Å². The third-order valence-electron chi connectivity index (χ3n) is 5.16. The van der Waals surface area contributed by atoms with Crippen LogP contribution in [0.1, 0.15) is 31.1 Å². The van der Waals surface area contributed by atoms with E-state index < -0.39 is 28.0 Å². The number of nitrogens with zero attached hydrogens (tertiary/aromatic N) is 1. The Hall–Kier alpha value is -3.76. The second kappa shape index (κ2) is 11.6. The lowest BCUT2D eigenvalue weighted by atomic mass is 10.1. The van der Waals surface area contributed by atoms with Gasteiger partial charge >= 0.3 is 0 Å². The molecule has 184 valence electrons. The van der Waals surface area contributed by atoms with E-state index in [0.717, 1.165) is 5.56 Å². The highest BCUT2D eigenvalue weighted by Gasteiger charge is 2.29. The van der Waals surface area contributed by atoms with E-state index in [1.807, 2.05) is 36.4 Å². The number of rotatable bonds is 10. The molecule has 0 bridgehead atoms. The van der Waals surface area contributed by atoms with Crippen LogP contribution < -0.4 is 20.1 Å². The normalized spacial score (nSPS) is 12.9. The second-order valence-electron chi connectivity index (χ2n) is 7.90. The summed E-state index contributed by atoms with van der Waals surface area (Å²) in [5.74, 6) is -0.781. The lowest BCUT2D eigenvalue weighted by Crippen LogP contribution is -2.48. The molecule has 3 rings (SSSR count). The van der Waals surface area contributed by atoms with E-state index in [-0.39, 0.29) is 28.7 Å². The van der Waals surface area contributed by atoms with E-state index in [0.29, 0.717) is 5.69 Å². The van der Waals surface area contributed by atoms with E-state index in [4.69, 9.17) is 4.74 Å². The molecule has 0 fully saturated rings. The molecule has 35 heavy (non-hydrogen) atoms. The predicted molar refractivity (Wildman–Crippen MR) is 132 cm³/mol. The summed E-state index contributed by atoms with van der Waals surface area (Å²) in [6, 6.07) is 17.1. The van der Waals surface area contributed by atoms with Crippen LogP contribution in [0.15, 0.2) is 77.8 Å². The van der Waals surface area contributed by atoms with Crippen LogP contribution in [0.4, 0.5) is 5.69 Å². The Morgan fingerprint density at radius 2 is 1.74 bits per heavy atom. The molecule has 0 radical (unpaired) electrons. The first-order valence-corrected chi connectivity index (χ1v) is 12.4. The van der Waals surface area contributed by atoms with Gasteiger partial charge in [-0.15, -0.1) is 0 Å². The van der Waals surface area contributed by atoms with Gasteiger partial charge in [-0.3, -0.25) is 14.6 Å². The van der Waals surface area contributed by atoms with Gasteiger partial charge in [-0.1, -0.05) is 36.4 Å². The molecule has 9 nitrogen and oxygen atoms in total. The van der Waals surface area contributed by atoms with E-state index in [1.54, 1.807) is 25.3 Å². The lowest BCUT2D eigenvalue weighted by molar-refractivity contribution is -0.123. The molecule has 2 aromatic carbocycles. The van der Waals surface area contributed by atoms with Gasteiger partial charge < -0.3 is 15.4 Å². The summed E-state index contributed by atoms with van der Waals surface area (Å²) in [4.78, 5) is 28.8. The summed E-state index contributed by atoms with van der Waals surface area (Å²) in [5, 5.41) is 5.40. The number of ether oxygens (including phenoxy) is 1. The zero-order valence-electron chi connectivity index (χ0n) is 19.7. The molecule has 0 aliphatic heterocycles. The molecule has 2 atom stereocenters. The van der Waals surface area contributed by atoms with Crippen LogP contribution in [0.3, 0.4) is 0 Å². The Kier molecular flexibility index (Phi) is 8.56. The fourth-order valence-corrected chi connectivity index (χ4v) is 4.87. The number of hydrogen-bond donors (Lipinski definition) is 3. The number of sulfonamides is 1. The molecule has 0 aliphatic carbocycles. The third-order valence-corrected chi connectivity index (χ3v) is 6.65. The van der Waals surface area contributed by atoms with Gasteiger partial charge in [0.05, 0.1) is 18.8 Å². The monoisotopic (exact) mass is 496 g/mol. The van der Waals surface area contributed by atoms with Gasteiger partial charge in [0.25, 0.3) is 0 Å². The number of methoxy groups -OCH3 is 1. The van der Waals surface area contributed by atoms with Crippen molar-refractivity contribution in [2.45, 2.75) is 37.2 Å². The molecule has 3 N–H and O–H groups in total. The minimum Gasteiger partial charge on any atom is -0.495 e. The summed E-state index contributed by atoms with van der Waals surface area (Å²) >= 11 is 0. The maximum absolute atomic E-state index is 13.4. The van der Waals surface area contributed by atoms with Crippen molar-refractivity contribution in [1.29, 1.82) is 0 Å². The maximum atomic E-state index is 13.4. The molecule has 0 unspecified atom stereocenters. The van der Waals surface area contributed by atoms with Crippen LogP contribution in [-0.4, -0.2) is 38.4 Å². The van der Waals surface area contributed by atoms with Gasteiger partial charge in [-0.25, -0.2) is 8.42 Å². The molecule has 0 saturated carbocycles. The van der Waals surface area contributed by atoms with Crippen molar-refractivity contribution in [2.75, 3.05) is 12.4 Å². The Morgan fingerprint density at radius 3 is 2.37 bits per heavy atom. The first-order valence-electron chi connectivity index (χ1n) is 10.9. The van der Waals surface area contributed by atoms with Crippen molar-refractivity contribution in [1.82, 2.24) is 15.0 Å². The minimum absolute atomic E-state index is 0.0762. The number of benzene rings is 2. The van der Waals surface area contributed by atoms with Gasteiger partial charge in [0, 0.05) is 18.8 Å². The van der Waals surface area contributed by atoms with Crippen molar-refractivity contribution < 1.29 is 22.7 Å². The summed E-state index contributed by atoms with van der Waals surface area (Å²) in [7, 11) is -2.89. The van der Waals surface area contributed by atoms with Gasteiger partial charge in [-0.2, -0.15) is 4.72 Å². The molecular formula is C25H28N4O5S. The molecule has 1 aromatic heterocycles. The third kappa shape index (κ3) is 7.11. The van der Waals surface area contributed by atoms with E-state index >= 15 is 0 Å². The Morgan fingerprint density at radius 1 is 1.03 bits per heavy atom. The van der Waals surface area contributed by atoms with Gasteiger partial charge in [0.15, 0.2) is 0 Å². The maximum Gasteiger partial charge on any atom is 0.245 e. The highest BCUT2D eigenvalue weighted by molar-refractivity contribution is 7.89. The number of hydrogen-bond acceptors (Lipinski definition) is 6. The van der Waals surface area contributed by atoms with Gasteiger partial charge in [0.2, 0.25) is 21.8 Å². The van der Waals surface area contributed by atoms with Crippen molar-refractivity contribution in [3.05, 3.63) is 84.2 Å². The second-order valence-corrected chi connectivity index (χ2v) is 9.58. The van der Waals surface area contributed by atoms with Crippen LogP contribution >= 0.6 is 0 Å². The zero-order valence-corrected chi connectivity index (χ0v) is 20.5. The number of pyridine rings is 1. The molecule has 0 aliphatic rings. The Labute approximate surface area is 205 Å². The summed E-state index contributed by atoms with van der Waals surface area (Å²) in [6.45, 7) is 3.09. The number of nitrogens with one attached hydrogen (secondary N) is 3. The number of amides is 2. The van der Waals surface area contributed by atoms with Crippen LogP contribution in [0.5, 0.6) is 5.75 Å². The van der Waals surface area contributed by atoms with Crippen molar-refractivity contribution in [2.24, 2.45) is 0 Å². The van der Waals surface area contributed by atoms with E-state index in [1.165, 1.54) is 32.2 Å². The summed E-state index contributed by atoms with van der Waals surface area (Å²) < 4.78 is 34.6. The average molecular weight is 497 g/mol. The molecule has 0 saturated heterocycles. The molecule has 3 aromatic rings. The van der Waals surface area contributed by atoms with Crippen LogP contribution in [0.25, 0.3) is 0 Å². The predicted octanol–water partition coefficient (Wildman–Crippen LogP) is 2.82. The summed E-state index contributed by atoms with van der Waals surface area (Å²) in [5.41, 5.74) is 1.71. The first-order chi connectivity index (χ1) is 16.7. The molecule has 0 spiro atoms. The smallest absolute Gasteiger partial charge is 0.245 e. The Bertz CT molecular complexity index is 1270. The number of carbonyl (C=O) groups is 2. The zero-order chi connectivity index (χ0) is 25.4.